The monoisotopic (exact) mass is 209 g/mol. The second-order valence-electron chi connectivity index (χ2n) is 6.12. The van der Waals surface area contributed by atoms with E-state index in [0.29, 0.717) is 16.2 Å². The van der Waals surface area contributed by atoms with E-state index in [1.807, 2.05) is 0 Å². The maximum absolute atomic E-state index is 11.0. The Morgan fingerprint density at radius 1 is 1.33 bits per heavy atom. The Hall–Kier alpha value is -0.570. The zero-order valence-electron chi connectivity index (χ0n) is 9.47. The fourth-order valence-corrected chi connectivity index (χ4v) is 4.70. The van der Waals surface area contributed by atoms with E-state index in [-0.39, 0.29) is 6.04 Å². The molecule has 3 heteroatoms. The van der Waals surface area contributed by atoms with Gasteiger partial charge in [-0.15, -0.1) is 0 Å². The number of fused-ring (bicyclic) bond motifs is 1. The Labute approximate surface area is 90.2 Å². The number of carboxylic acids is 1. The Morgan fingerprint density at radius 3 is 2.33 bits per heavy atom. The van der Waals surface area contributed by atoms with Crippen molar-refractivity contribution in [2.45, 2.75) is 45.6 Å². The molecular weight excluding hydrogens is 190 g/mol. The molecule has 3 rings (SSSR count). The fraction of sp³-hybridized carbons (Fsp3) is 0.917. The molecule has 1 saturated heterocycles. The van der Waals surface area contributed by atoms with Crippen molar-refractivity contribution >= 4 is 5.97 Å². The van der Waals surface area contributed by atoms with Crippen LogP contribution in [0.5, 0.6) is 0 Å². The summed E-state index contributed by atoms with van der Waals surface area (Å²) in [6, 6.07) is -0.302. The molecular formula is C12H19NO2. The molecule has 3 nitrogen and oxygen atoms in total. The van der Waals surface area contributed by atoms with E-state index in [0.717, 1.165) is 13.0 Å². The van der Waals surface area contributed by atoms with Gasteiger partial charge < -0.3 is 10.4 Å². The first-order valence-corrected chi connectivity index (χ1v) is 5.93. The molecule has 2 saturated carbocycles. The van der Waals surface area contributed by atoms with E-state index in [1.165, 1.54) is 19.3 Å². The van der Waals surface area contributed by atoms with Crippen molar-refractivity contribution in [3.8, 4) is 0 Å². The van der Waals surface area contributed by atoms with Crippen molar-refractivity contribution in [2.24, 2.45) is 16.2 Å². The molecule has 0 bridgehead atoms. The number of carboxylic acid groups (broad SMARTS) is 1. The molecule has 3 aliphatic rings. The molecule has 1 aliphatic heterocycles. The number of nitrogens with one attached hydrogen (secondary N) is 1. The van der Waals surface area contributed by atoms with Gasteiger partial charge in [0.25, 0.3) is 0 Å². The Balaban J connectivity index is 1.87. The van der Waals surface area contributed by atoms with Crippen LogP contribution in [0.3, 0.4) is 0 Å². The lowest BCUT2D eigenvalue weighted by molar-refractivity contribution is -0.139. The molecule has 1 heterocycles. The predicted octanol–water partition coefficient (Wildman–Crippen LogP) is 1.63. The van der Waals surface area contributed by atoms with Gasteiger partial charge in [0.1, 0.15) is 6.04 Å². The third-order valence-corrected chi connectivity index (χ3v) is 5.95. The van der Waals surface area contributed by atoms with Crippen molar-refractivity contribution in [3.05, 3.63) is 0 Å². The summed E-state index contributed by atoms with van der Waals surface area (Å²) >= 11 is 0. The minimum Gasteiger partial charge on any atom is -0.480 e. The van der Waals surface area contributed by atoms with Gasteiger partial charge in [-0.05, 0) is 35.5 Å². The summed E-state index contributed by atoms with van der Waals surface area (Å²) in [5.41, 5.74) is 1.13. The van der Waals surface area contributed by atoms with Crippen LogP contribution in [0.1, 0.15) is 39.5 Å². The third kappa shape index (κ3) is 0.780. The van der Waals surface area contributed by atoms with Gasteiger partial charge >= 0.3 is 5.97 Å². The summed E-state index contributed by atoms with van der Waals surface area (Å²) < 4.78 is 0. The van der Waals surface area contributed by atoms with E-state index >= 15 is 0 Å². The average molecular weight is 209 g/mol. The van der Waals surface area contributed by atoms with Gasteiger partial charge in [0.15, 0.2) is 0 Å². The number of hydrogen-bond donors (Lipinski definition) is 2. The topological polar surface area (TPSA) is 49.3 Å². The number of carbonyl (C=O) groups is 1. The third-order valence-electron chi connectivity index (χ3n) is 5.95. The second-order valence-corrected chi connectivity index (χ2v) is 6.12. The molecule has 0 aromatic carbocycles. The van der Waals surface area contributed by atoms with Gasteiger partial charge in [-0.2, -0.15) is 0 Å². The normalized spacial score (nSPS) is 44.3. The Morgan fingerprint density at radius 2 is 2.00 bits per heavy atom. The molecule has 2 N–H and O–H groups in total. The van der Waals surface area contributed by atoms with Crippen molar-refractivity contribution in [1.29, 1.82) is 0 Å². The minimum absolute atomic E-state index is 0.293. The van der Waals surface area contributed by atoms with Crippen LogP contribution in [-0.2, 0) is 4.79 Å². The van der Waals surface area contributed by atoms with Crippen LogP contribution in [-0.4, -0.2) is 23.7 Å². The largest absolute Gasteiger partial charge is 0.480 e. The van der Waals surface area contributed by atoms with E-state index < -0.39 is 5.97 Å². The molecule has 0 aromatic rings. The lowest BCUT2D eigenvalue weighted by atomic mass is 9.73. The van der Waals surface area contributed by atoms with Crippen molar-refractivity contribution in [3.63, 3.8) is 0 Å². The van der Waals surface area contributed by atoms with Gasteiger partial charge in [-0.25, -0.2) is 0 Å². The maximum Gasteiger partial charge on any atom is 0.320 e. The summed E-state index contributed by atoms with van der Waals surface area (Å²) in [6.45, 7) is 5.58. The standard InChI is InChI=1S/C12H19NO2/c1-10(2)11(4-3-5-11)12(10)6-8(9(14)15)13-7-12/h8,13H,3-7H2,1-2H3,(H,14,15)/t8-,12+/m0/s1. The van der Waals surface area contributed by atoms with E-state index in [1.54, 1.807) is 0 Å². The lowest BCUT2D eigenvalue weighted by Crippen LogP contribution is -2.30. The van der Waals surface area contributed by atoms with Gasteiger partial charge in [0.2, 0.25) is 0 Å². The number of rotatable bonds is 1. The van der Waals surface area contributed by atoms with Crippen LogP contribution in [0.4, 0.5) is 0 Å². The van der Waals surface area contributed by atoms with Crippen molar-refractivity contribution < 1.29 is 9.90 Å². The summed E-state index contributed by atoms with van der Waals surface area (Å²) in [5, 5.41) is 12.2. The van der Waals surface area contributed by atoms with E-state index in [2.05, 4.69) is 19.2 Å². The van der Waals surface area contributed by atoms with Gasteiger partial charge in [0, 0.05) is 6.54 Å². The zero-order chi connectivity index (χ0) is 10.9. The van der Waals surface area contributed by atoms with Crippen molar-refractivity contribution in [2.75, 3.05) is 6.54 Å². The molecule has 84 valence electrons. The highest BCUT2D eigenvalue weighted by atomic mass is 16.4. The highest BCUT2D eigenvalue weighted by Gasteiger charge is 2.83. The minimum atomic E-state index is -0.677. The fourth-order valence-electron chi connectivity index (χ4n) is 4.70. The predicted molar refractivity (Wildman–Crippen MR) is 56.5 cm³/mol. The first-order valence-electron chi connectivity index (χ1n) is 5.93. The highest BCUT2D eigenvalue weighted by Crippen LogP contribution is 2.87. The molecule has 0 unspecified atom stereocenters. The zero-order valence-corrected chi connectivity index (χ0v) is 9.47. The number of aliphatic carboxylic acids is 1. The average Bonchev–Trinajstić information content (AvgIpc) is 2.43. The highest BCUT2D eigenvalue weighted by molar-refractivity contribution is 5.74. The van der Waals surface area contributed by atoms with Gasteiger partial charge in [-0.3, -0.25) is 4.79 Å². The molecule has 2 spiro atoms. The van der Waals surface area contributed by atoms with Crippen LogP contribution < -0.4 is 5.32 Å². The Kier molecular flexibility index (Phi) is 1.54. The van der Waals surface area contributed by atoms with E-state index in [9.17, 15) is 4.79 Å². The summed E-state index contributed by atoms with van der Waals surface area (Å²) in [7, 11) is 0. The van der Waals surface area contributed by atoms with Gasteiger partial charge in [0.05, 0.1) is 0 Å². The summed E-state index contributed by atoms with van der Waals surface area (Å²) in [6.07, 6.45) is 4.81. The maximum atomic E-state index is 11.0. The molecule has 2 atom stereocenters. The molecule has 0 aromatic heterocycles. The smallest absolute Gasteiger partial charge is 0.320 e. The van der Waals surface area contributed by atoms with Crippen LogP contribution >= 0.6 is 0 Å². The summed E-state index contributed by atoms with van der Waals surface area (Å²) in [5.74, 6) is -0.677. The first-order chi connectivity index (χ1) is 6.97. The van der Waals surface area contributed by atoms with Crippen LogP contribution in [0.2, 0.25) is 0 Å². The lowest BCUT2D eigenvalue weighted by Gasteiger charge is -2.31. The van der Waals surface area contributed by atoms with E-state index in [4.69, 9.17) is 5.11 Å². The van der Waals surface area contributed by atoms with Crippen LogP contribution in [0, 0.1) is 16.2 Å². The molecule has 2 aliphatic carbocycles. The van der Waals surface area contributed by atoms with Crippen molar-refractivity contribution in [1.82, 2.24) is 5.32 Å². The molecule has 15 heavy (non-hydrogen) atoms. The molecule has 0 amide bonds. The Bertz CT molecular complexity index is 333. The summed E-state index contributed by atoms with van der Waals surface area (Å²) in [4.78, 5) is 11.0. The molecule has 3 fully saturated rings. The second kappa shape index (κ2) is 2.40. The SMILES string of the molecule is CC1(C)C2(CCC2)[C@]12CN[C@H](C(=O)O)C2. The van der Waals surface area contributed by atoms with Crippen LogP contribution in [0.15, 0.2) is 0 Å². The number of hydrogen-bond acceptors (Lipinski definition) is 2. The van der Waals surface area contributed by atoms with Gasteiger partial charge in [-0.1, -0.05) is 20.3 Å². The first kappa shape index (κ1) is 9.64. The molecule has 0 radical (unpaired) electrons. The quantitative estimate of drug-likeness (QED) is 0.690. The van der Waals surface area contributed by atoms with Crippen LogP contribution in [0.25, 0.3) is 0 Å².